The summed E-state index contributed by atoms with van der Waals surface area (Å²) in [6.45, 7) is 2.50. The molecule has 0 saturated heterocycles. The van der Waals surface area contributed by atoms with E-state index in [1.165, 1.54) is 0 Å². The number of carbonyl (C=O) groups is 1. The molecule has 0 spiro atoms. The zero-order valence-electron chi connectivity index (χ0n) is 16.0. The first-order chi connectivity index (χ1) is 13.4. The van der Waals surface area contributed by atoms with Crippen LogP contribution in [0.2, 0.25) is 5.02 Å². The largest absolute Gasteiger partial charge is 0.497 e. The summed E-state index contributed by atoms with van der Waals surface area (Å²) in [6.07, 6.45) is 0.669. The molecule has 2 aromatic carbocycles. The number of thioether (sulfide) groups is 1. The van der Waals surface area contributed by atoms with Crippen LogP contribution in [0.3, 0.4) is 0 Å². The Bertz CT molecular complexity index is 862. The standard InChI is InChI=1S/C20H23ClN2O4S/c1-13(24)23-17-11-14(21)5-8-19(17)28-20(23)16-12-15(26-3)6-7-18(16)27-10-4-9-22(2)25/h5-8,11-12,20,25H,4,9-10H2,1-3H3. The molecule has 1 atom stereocenters. The monoisotopic (exact) mass is 422 g/mol. The van der Waals surface area contributed by atoms with Crippen LogP contribution in [0, 0.1) is 0 Å². The molecular formula is C20H23ClN2O4S. The quantitative estimate of drug-likeness (QED) is 0.520. The van der Waals surface area contributed by atoms with Gasteiger partial charge < -0.3 is 14.7 Å². The predicted octanol–water partition coefficient (Wildman–Crippen LogP) is 4.60. The molecule has 0 aromatic heterocycles. The first-order valence-electron chi connectivity index (χ1n) is 8.87. The van der Waals surface area contributed by atoms with Gasteiger partial charge in [0.05, 0.1) is 19.4 Å². The van der Waals surface area contributed by atoms with Crippen molar-refractivity contribution in [2.75, 3.05) is 32.2 Å². The van der Waals surface area contributed by atoms with E-state index in [0.717, 1.165) is 21.2 Å². The van der Waals surface area contributed by atoms with Gasteiger partial charge in [-0.15, -0.1) is 0 Å². The maximum Gasteiger partial charge on any atom is 0.225 e. The third-order valence-corrected chi connectivity index (χ3v) is 5.88. The highest BCUT2D eigenvalue weighted by atomic mass is 35.5. The molecule has 1 heterocycles. The first-order valence-corrected chi connectivity index (χ1v) is 10.1. The minimum absolute atomic E-state index is 0.0748. The highest BCUT2D eigenvalue weighted by Crippen LogP contribution is 2.54. The number of carbonyl (C=O) groups excluding carboxylic acids is 1. The molecule has 6 nitrogen and oxygen atoms in total. The Morgan fingerprint density at radius 3 is 2.79 bits per heavy atom. The average Bonchev–Trinajstić information content (AvgIpc) is 3.03. The minimum atomic E-state index is -0.281. The van der Waals surface area contributed by atoms with Crippen LogP contribution in [-0.4, -0.2) is 43.5 Å². The van der Waals surface area contributed by atoms with Crippen molar-refractivity contribution < 1.29 is 19.5 Å². The van der Waals surface area contributed by atoms with E-state index in [1.54, 1.807) is 37.7 Å². The maximum absolute atomic E-state index is 12.5. The summed E-state index contributed by atoms with van der Waals surface area (Å²) in [4.78, 5) is 15.2. The Balaban J connectivity index is 1.93. The van der Waals surface area contributed by atoms with Gasteiger partial charge in [-0.2, -0.15) is 5.06 Å². The van der Waals surface area contributed by atoms with Gasteiger partial charge >= 0.3 is 0 Å². The number of hydroxylamine groups is 2. The Morgan fingerprint density at radius 2 is 2.11 bits per heavy atom. The van der Waals surface area contributed by atoms with Crippen LogP contribution in [-0.2, 0) is 4.79 Å². The number of amides is 1. The highest BCUT2D eigenvalue weighted by molar-refractivity contribution is 8.00. The number of ether oxygens (including phenoxy) is 2. The van der Waals surface area contributed by atoms with Crippen molar-refractivity contribution in [1.82, 2.24) is 5.06 Å². The molecule has 0 bridgehead atoms. The molecule has 1 N–H and O–H groups in total. The van der Waals surface area contributed by atoms with Crippen LogP contribution in [0.15, 0.2) is 41.3 Å². The van der Waals surface area contributed by atoms with Gasteiger partial charge in [-0.3, -0.25) is 9.69 Å². The van der Waals surface area contributed by atoms with E-state index < -0.39 is 0 Å². The van der Waals surface area contributed by atoms with E-state index >= 15 is 0 Å². The third kappa shape index (κ3) is 4.55. The van der Waals surface area contributed by atoms with Gasteiger partial charge in [-0.1, -0.05) is 23.4 Å². The van der Waals surface area contributed by atoms with E-state index in [-0.39, 0.29) is 11.3 Å². The fraction of sp³-hybridized carbons (Fsp3) is 0.350. The van der Waals surface area contributed by atoms with E-state index in [2.05, 4.69) is 0 Å². The first kappa shape index (κ1) is 20.8. The number of benzene rings is 2. The predicted molar refractivity (Wildman–Crippen MR) is 111 cm³/mol. The molecule has 2 aromatic rings. The van der Waals surface area contributed by atoms with E-state index in [1.807, 2.05) is 36.4 Å². The summed E-state index contributed by atoms with van der Waals surface area (Å²) in [7, 11) is 3.21. The van der Waals surface area contributed by atoms with Crippen LogP contribution >= 0.6 is 23.4 Å². The molecule has 1 unspecified atom stereocenters. The second-order valence-electron chi connectivity index (χ2n) is 6.46. The van der Waals surface area contributed by atoms with Crippen LogP contribution < -0.4 is 14.4 Å². The molecule has 0 radical (unpaired) electrons. The average molecular weight is 423 g/mol. The number of halogens is 1. The van der Waals surface area contributed by atoms with Gasteiger partial charge in [-0.25, -0.2) is 0 Å². The van der Waals surface area contributed by atoms with E-state index in [4.69, 9.17) is 21.1 Å². The molecule has 1 aliphatic heterocycles. The summed E-state index contributed by atoms with van der Waals surface area (Å²) in [6, 6.07) is 11.1. The van der Waals surface area contributed by atoms with Gasteiger partial charge in [0.1, 0.15) is 16.9 Å². The Hall–Kier alpha value is -1.93. The summed E-state index contributed by atoms with van der Waals surface area (Å²) >= 11 is 7.73. The third-order valence-electron chi connectivity index (χ3n) is 4.36. The number of hydrogen-bond acceptors (Lipinski definition) is 6. The Morgan fingerprint density at radius 1 is 1.32 bits per heavy atom. The Kier molecular flexibility index (Phi) is 6.72. The van der Waals surface area contributed by atoms with Crippen LogP contribution in [0.1, 0.15) is 24.3 Å². The molecule has 3 rings (SSSR count). The minimum Gasteiger partial charge on any atom is -0.497 e. The number of nitrogens with zero attached hydrogens (tertiary/aromatic N) is 2. The summed E-state index contributed by atoms with van der Waals surface area (Å²) in [5.74, 6) is 1.30. The lowest BCUT2D eigenvalue weighted by Crippen LogP contribution is -2.28. The number of anilines is 1. The van der Waals surface area contributed by atoms with E-state index in [9.17, 15) is 10.0 Å². The number of methoxy groups -OCH3 is 1. The highest BCUT2D eigenvalue weighted by Gasteiger charge is 2.36. The second-order valence-corrected chi connectivity index (χ2v) is 8.02. The molecule has 0 fully saturated rings. The fourth-order valence-electron chi connectivity index (χ4n) is 3.07. The Labute approximate surface area is 173 Å². The van der Waals surface area contributed by atoms with Crippen molar-refractivity contribution in [3.63, 3.8) is 0 Å². The van der Waals surface area contributed by atoms with Crippen molar-refractivity contribution in [1.29, 1.82) is 0 Å². The summed E-state index contributed by atoms with van der Waals surface area (Å²) in [5.41, 5.74) is 1.65. The zero-order chi connectivity index (χ0) is 20.3. The molecule has 1 amide bonds. The second kappa shape index (κ2) is 9.05. The SMILES string of the molecule is COc1ccc(OCCCN(C)O)c(C2Sc3ccc(Cl)cc3N2C(C)=O)c1. The van der Waals surface area contributed by atoms with Crippen molar-refractivity contribution >= 4 is 35.0 Å². The van der Waals surface area contributed by atoms with Crippen LogP contribution in [0.25, 0.3) is 0 Å². The molecule has 0 aliphatic carbocycles. The van der Waals surface area contributed by atoms with Crippen molar-refractivity contribution in [3.8, 4) is 11.5 Å². The van der Waals surface area contributed by atoms with E-state index in [0.29, 0.717) is 36.1 Å². The molecule has 8 heteroatoms. The molecular weight excluding hydrogens is 400 g/mol. The van der Waals surface area contributed by atoms with Crippen molar-refractivity contribution in [2.24, 2.45) is 0 Å². The van der Waals surface area contributed by atoms with Gasteiger partial charge in [0.25, 0.3) is 0 Å². The zero-order valence-corrected chi connectivity index (χ0v) is 17.6. The van der Waals surface area contributed by atoms with Gasteiger partial charge in [-0.05, 0) is 42.8 Å². The van der Waals surface area contributed by atoms with Crippen LogP contribution in [0.5, 0.6) is 11.5 Å². The number of fused-ring (bicyclic) bond motifs is 1. The molecule has 0 saturated carbocycles. The molecule has 150 valence electrons. The fourth-order valence-corrected chi connectivity index (χ4v) is 4.58. The lowest BCUT2D eigenvalue weighted by atomic mass is 10.1. The molecule has 1 aliphatic rings. The lowest BCUT2D eigenvalue weighted by Gasteiger charge is -2.25. The number of hydrogen-bond donors (Lipinski definition) is 1. The lowest BCUT2D eigenvalue weighted by molar-refractivity contribution is -0.116. The van der Waals surface area contributed by atoms with Crippen molar-refractivity contribution in [2.45, 2.75) is 23.6 Å². The van der Waals surface area contributed by atoms with Gasteiger partial charge in [0.2, 0.25) is 5.91 Å². The molecule has 28 heavy (non-hydrogen) atoms. The number of rotatable bonds is 7. The van der Waals surface area contributed by atoms with Crippen LogP contribution in [0.4, 0.5) is 5.69 Å². The van der Waals surface area contributed by atoms with Gasteiger partial charge in [0.15, 0.2) is 0 Å². The summed E-state index contributed by atoms with van der Waals surface area (Å²) < 4.78 is 11.4. The topological polar surface area (TPSA) is 62.2 Å². The van der Waals surface area contributed by atoms with Crippen molar-refractivity contribution in [3.05, 3.63) is 47.0 Å². The summed E-state index contributed by atoms with van der Waals surface area (Å²) in [5, 5.41) is 10.7. The van der Waals surface area contributed by atoms with Gasteiger partial charge in [0, 0.05) is 36.0 Å². The smallest absolute Gasteiger partial charge is 0.225 e. The maximum atomic E-state index is 12.5. The normalized spacial score (nSPS) is 15.6.